The third-order valence-corrected chi connectivity index (χ3v) is 6.02. The molecule has 6 nitrogen and oxygen atoms in total. The molecular formula is C26H23FN4O2. The molecule has 0 unspecified atom stereocenters. The van der Waals surface area contributed by atoms with E-state index in [9.17, 15) is 9.18 Å². The van der Waals surface area contributed by atoms with Crippen LogP contribution in [0.2, 0.25) is 0 Å². The Morgan fingerprint density at radius 1 is 1.06 bits per heavy atom. The molecule has 0 radical (unpaired) electrons. The van der Waals surface area contributed by atoms with E-state index in [2.05, 4.69) is 10.1 Å². The van der Waals surface area contributed by atoms with E-state index in [1.165, 1.54) is 12.1 Å². The van der Waals surface area contributed by atoms with E-state index in [0.717, 1.165) is 22.5 Å². The van der Waals surface area contributed by atoms with Crippen molar-refractivity contribution in [3.63, 3.8) is 0 Å². The Morgan fingerprint density at radius 3 is 2.48 bits per heavy atom. The molecule has 2 aromatic heterocycles. The molecule has 1 amide bonds. The molecule has 166 valence electrons. The second-order valence-corrected chi connectivity index (χ2v) is 8.24. The number of benzene rings is 2. The number of hydrogen-bond acceptors (Lipinski definition) is 5. The Bertz CT molecular complexity index is 1280. The summed E-state index contributed by atoms with van der Waals surface area (Å²) in [6.45, 7) is 2.92. The smallest absolute Gasteiger partial charge is 0.256 e. The van der Waals surface area contributed by atoms with Crippen LogP contribution in [0.25, 0.3) is 22.7 Å². The maximum atomic E-state index is 14.1. The largest absolute Gasteiger partial charge is 0.356 e. The van der Waals surface area contributed by atoms with Gasteiger partial charge in [-0.1, -0.05) is 47.6 Å². The van der Waals surface area contributed by atoms with Gasteiger partial charge in [-0.2, -0.15) is 0 Å². The van der Waals surface area contributed by atoms with Gasteiger partial charge in [-0.3, -0.25) is 4.79 Å². The van der Waals surface area contributed by atoms with Gasteiger partial charge in [0.25, 0.3) is 5.91 Å². The highest BCUT2D eigenvalue weighted by Crippen LogP contribution is 2.35. The fraction of sp³-hybridized carbons (Fsp3) is 0.231. The molecule has 0 spiro atoms. The number of aromatic nitrogens is 3. The predicted molar refractivity (Wildman–Crippen MR) is 122 cm³/mol. The normalized spacial score (nSPS) is 14.4. The predicted octanol–water partition coefficient (Wildman–Crippen LogP) is 5.27. The molecule has 0 N–H and O–H groups in total. The highest BCUT2D eigenvalue weighted by Gasteiger charge is 2.29. The lowest BCUT2D eigenvalue weighted by molar-refractivity contribution is 0.0707. The number of carbonyl (C=O) groups is 1. The van der Waals surface area contributed by atoms with Crippen LogP contribution in [0.4, 0.5) is 4.39 Å². The number of rotatable bonds is 4. The maximum absolute atomic E-state index is 14.1. The molecular weight excluding hydrogens is 419 g/mol. The second kappa shape index (κ2) is 8.94. The number of likely N-dealkylation sites (tertiary alicyclic amines) is 1. The molecule has 0 bridgehead atoms. The summed E-state index contributed by atoms with van der Waals surface area (Å²) in [7, 11) is 0. The Morgan fingerprint density at radius 2 is 1.79 bits per heavy atom. The third kappa shape index (κ3) is 4.26. The number of hydrogen-bond donors (Lipinski definition) is 0. The first-order chi connectivity index (χ1) is 16.1. The van der Waals surface area contributed by atoms with Crippen molar-refractivity contribution in [1.82, 2.24) is 20.0 Å². The maximum Gasteiger partial charge on any atom is 0.256 e. The lowest BCUT2D eigenvalue weighted by Crippen LogP contribution is -2.38. The minimum atomic E-state index is -0.490. The van der Waals surface area contributed by atoms with Gasteiger partial charge in [0.05, 0.1) is 22.5 Å². The lowest BCUT2D eigenvalue weighted by Gasteiger charge is -2.32. The van der Waals surface area contributed by atoms with Crippen LogP contribution in [0.15, 0.2) is 71.4 Å². The molecule has 1 aliphatic heterocycles. The highest BCUT2D eigenvalue weighted by molar-refractivity contribution is 5.94. The van der Waals surface area contributed by atoms with Crippen LogP contribution in [0.5, 0.6) is 0 Å². The summed E-state index contributed by atoms with van der Waals surface area (Å²) in [4.78, 5) is 24.1. The van der Waals surface area contributed by atoms with Gasteiger partial charge < -0.3 is 9.42 Å². The summed E-state index contributed by atoms with van der Waals surface area (Å²) in [6, 6.07) is 17.8. The number of carbonyl (C=O) groups excluding carboxylic acids is 1. The van der Waals surface area contributed by atoms with Crippen LogP contribution in [0.3, 0.4) is 0 Å². The molecule has 7 heteroatoms. The molecule has 1 aliphatic rings. The Kier molecular flexibility index (Phi) is 5.69. The zero-order valence-electron chi connectivity index (χ0n) is 18.2. The second-order valence-electron chi connectivity index (χ2n) is 8.24. The van der Waals surface area contributed by atoms with Crippen LogP contribution < -0.4 is 0 Å². The summed E-state index contributed by atoms with van der Waals surface area (Å²) in [5, 5.41) is 4.02. The summed E-state index contributed by atoms with van der Waals surface area (Å²) in [5.74, 6) is 0.629. The summed E-state index contributed by atoms with van der Waals surface area (Å²) < 4.78 is 19.6. The van der Waals surface area contributed by atoms with E-state index in [0.29, 0.717) is 37.5 Å². The number of nitrogens with zero attached hydrogens (tertiary/aromatic N) is 4. The van der Waals surface area contributed by atoms with E-state index in [1.54, 1.807) is 23.2 Å². The van der Waals surface area contributed by atoms with E-state index in [1.807, 2.05) is 43.3 Å². The fourth-order valence-electron chi connectivity index (χ4n) is 4.27. The van der Waals surface area contributed by atoms with Gasteiger partial charge in [0.2, 0.25) is 0 Å². The van der Waals surface area contributed by atoms with Gasteiger partial charge >= 0.3 is 0 Å². The van der Waals surface area contributed by atoms with Crippen molar-refractivity contribution in [2.24, 2.45) is 0 Å². The van der Waals surface area contributed by atoms with E-state index in [-0.39, 0.29) is 17.4 Å². The first-order valence-electron chi connectivity index (χ1n) is 11.0. The van der Waals surface area contributed by atoms with Gasteiger partial charge in [0.1, 0.15) is 5.82 Å². The standard InChI is InChI=1S/C26H23FN4O2/c1-17-15-23(33-30-17)21-16-28-25(19-7-3-2-4-8-19)29-24(21)18-11-13-31(14-12-18)26(32)20-9-5-6-10-22(20)27/h2-10,15-16,18H,11-14H2,1H3. The summed E-state index contributed by atoms with van der Waals surface area (Å²) in [6.07, 6.45) is 3.22. The molecule has 0 atom stereocenters. The topological polar surface area (TPSA) is 72.1 Å². The zero-order chi connectivity index (χ0) is 22.8. The lowest BCUT2D eigenvalue weighted by atomic mass is 9.89. The van der Waals surface area contributed by atoms with E-state index in [4.69, 9.17) is 9.51 Å². The number of amides is 1. The van der Waals surface area contributed by atoms with Gasteiger partial charge in [0.15, 0.2) is 11.6 Å². The highest BCUT2D eigenvalue weighted by atomic mass is 19.1. The Hall–Kier alpha value is -3.87. The third-order valence-electron chi connectivity index (χ3n) is 6.02. The molecule has 4 aromatic rings. The fourth-order valence-corrected chi connectivity index (χ4v) is 4.27. The number of piperidine rings is 1. The van der Waals surface area contributed by atoms with Crippen LogP contribution in [0.1, 0.15) is 40.5 Å². The van der Waals surface area contributed by atoms with Gasteiger partial charge in [-0.05, 0) is 31.9 Å². The molecule has 5 rings (SSSR count). The monoisotopic (exact) mass is 442 g/mol. The Labute approximate surface area is 191 Å². The number of aryl methyl sites for hydroxylation is 1. The molecule has 33 heavy (non-hydrogen) atoms. The first kappa shape index (κ1) is 21.0. The average molecular weight is 442 g/mol. The molecule has 1 fully saturated rings. The van der Waals surface area contributed by atoms with Crippen molar-refractivity contribution in [1.29, 1.82) is 0 Å². The first-order valence-corrected chi connectivity index (χ1v) is 11.0. The van der Waals surface area contributed by atoms with Crippen molar-refractivity contribution in [2.75, 3.05) is 13.1 Å². The van der Waals surface area contributed by atoms with Crippen molar-refractivity contribution in [3.05, 3.63) is 89.6 Å². The van der Waals surface area contributed by atoms with Crippen LogP contribution in [-0.4, -0.2) is 39.0 Å². The van der Waals surface area contributed by atoms with Crippen LogP contribution >= 0.6 is 0 Å². The average Bonchev–Trinajstić information content (AvgIpc) is 3.30. The zero-order valence-corrected chi connectivity index (χ0v) is 18.2. The Balaban J connectivity index is 1.43. The van der Waals surface area contributed by atoms with Crippen molar-refractivity contribution in [2.45, 2.75) is 25.7 Å². The molecule has 3 heterocycles. The van der Waals surface area contributed by atoms with E-state index >= 15 is 0 Å². The SMILES string of the molecule is Cc1cc(-c2cnc(-c3ccccc3)nc2C2CCN(C(=O)c3ccccc3F)CC2)on1. The molecule has 2 aromatic carbocycles. The molecule has 1 saturated heterocycles. The van der Waals surface area contributed by atoms with Crippen molar-refractivity contribution in [3.8, 4) is 22.7 Å². The van der Waals surface area contributed by atoms with Gasteiger partial charge in [-0.15, -0.1) is 0 Å². The summed E-state index contributed by atoms with van der Waals surface area (Å²) >= 11 is 0. The van der Waals surface area contributed by atoms with Crippen LogP contribution in [0, 0.1) is 12.7 Å². The molecule has 0 aliphatic carbocycles. The van der Waals surface area contributed by atoms with Crippen molar-refractivity contribution >= 4 is 5.91 Å². The van der Waals surface area contributed by atoms with Gasteiger partial charge in [-0.25, -0.2) is 14.4 Å². The summed E-state index contributed by atoms with van der Waals surface area (Å²) in [5.41, 5.74) is 3.54. The molecule has 0 saturated carbocycles. The van der Waals surface area contributed by atoms with Crippen molar-refractivity contribution < 1.29 is 13.7 Å². The van der Waals surface area contributed by atoms with Crippen LogP contribution in [-0.2, 0) is 0 Å². The number of halogens is 1. The quantitative estimate of drug-likeness (QED) is 0.431. The van der Waals surface area contributed by atoms with E-state index < -0.39 is 5.82 Å². The minimum Gasteiger partial charge on any atom is -0.356 e. The van der Waals surface area contributed by atoms with Gasteiger partial charge in [0, 0.05) is 36.8 Å². The minimum absolute atomic E-state index is 0.112.